The molecule has 0 rings (SSSR count). The van der Waals surface area contributed by atoms with E-state index >= 15 is 0 Å². The Balaban J connectivity index is 3.09. The molecule has 0 aromatic rings. The molecule has 0 amide bonds. The summed E-state index contributed by atoms with van der Waals surface area (Å²) in [5, 5.41) is 0. The zero-order chi connectivity index (χ0) is 23.4. The number of unbranched alkanes of at least 4 members (excludes halogenated alkanes) is 21. The summed E-state index contributed by atoms with van der Waals surface area (Å²) in [6.45, 7) is 6.99. The topological polar surface area (TPSA) is 0 Å². The van der Waals surface area contributed by atoms with E-state index in [4.69, 9.17) is 0 Å². The van der Waals surface area contributed by atoms with E-state index in [1.807, 2.05) is 0 Å². The fourth-order valence-corrected chi connectivity index (χ4v) is 4.94. The SMILES string of the molecule is CC/C=C/CCCC(C)CCCCCCCCCCCCCCCCCCCCCCC. The Morgan fingerprint density at radius 2 is 0.750 bits per heavy atom. The van der Waals surface area contributed by atoms with Crippen molar-refractivity contribution in [1.82, 2.24) is 0 Å². The van der Waals surface area contributed by atoms with E-state index in [-0.39, 0.29) is 0 Å². The maximum Gasteiger partial charge on any atom is -0.0351 e. The van der Waals surface area contributed by atoms with Crippen LogP contribution in [0.25, 0.3) is 0 Å². The van der Waals surface area contributed by atoms with Crippen LogP contribution in [0.15, 0.2) is 12.2 Å². The molecular formula is C32H64. The zero-order valence-corrected chi connectivity index (χ0v) is 23.1. The van der Waals surface area contributed by atoms with Crippen molar-refractivity contribution in [2.75, 3.05) is 0 Å². The van der Waals surface area contributed by atoms with Gasteiger partial charge in [0.05, 0.1) is 0 Å². The average Bonchev–Trinajstić information content (AvgIpc) is 2.80. The lowest BCUT2D eigenvalue weighted by atomic mass is 9.96. The summed E-state index contributed by atoms with van der Waals surface area (Å²) in [5.74, 6) is 0.936. The maximum atomic E-state index is 2.46. The van der Waals surface area contributed by atoms with Crippen molar-refractivity contribution in [3.05, 3.63) is 12.2 Å². The van der Waals surface area contributed by atoms with Gasteiger partial charge < -0.3 is 0 Å². The Morgan fingerprint density at radius 1 is 0.406 bits per heavy atom. The molecule has 0 nitrogen and oxygen atoms in total. The van der Waals surface area contributed by atoms with Crippen LogP contribution >= 0.6 is 0 Å². The largest absolute Gasteiger partial charge is 0.0888 e. The molecule has 0 aliphatic carbocycles. The summed E-state index contributed by atoms with van der Waals surface area (Å²) in [6.07, 6.45) is 42.4. The molecule has 0 aliphatic heterocycles. The summed E-state index contributed by atoms with van der Waals surface area (Å²) in [7, 11) is 0. The van der Waals surface area contributed by atoms with Gasteiger partial charge in [0, 0.05) is 0 Å². The number of rotatable bonds is 27. The van der Waals surface area contributed by atoms with Gasteiger partial charge in [0.15, 0.2) is 0 Å². The van der Waals surface area contributed by atoms with Crippen LogP contribution < -0.4 is 0 Å². The molecule has 0 bridgehead atoms. The molecule has 0 fully saturated rings. The molecule has 0 heterocycles. The van der Waals surface area contributed by atoms with Crippen molar-refractivity contribution in [3.63, 3.8) is 0 Å². The lowest BCUT2D eigenvalue weighted by Crippen LogP contribution is -1.94. The van der Waals surface area contributed by atoms with Crippen LogP contribution in [0, 0.1) is 5.92 Å². The quantitative estimate of drug-likeness (QED) is 0.0865. The highest BCUT2D eigenvalue weighted by Crippen LogP contribution is 2.18. The van der Waals surface area contributed by atoms with Gasteiger partial charge in [-0.15, -0.1) is 0 Å². The van der Waals surface area contributed by atoms with E-state index in [9.17, 15) is 0 Å². The average molecular weight is 449 g/mol. The van der Waals surface area contributed by atoms with Gasteiger partial charge in [-0.1, -0.05) is 181 Å². The molecule has 32 heavy (non-hydrogen) atoms. The van der Waals surface area contributed by atoms with Gasteiger partial charge in [-0.2, -0.15) is 0 Å². The van der Waals surface area contributed by atoms with Crippen LogP contribution in [0.1, 0.15) is 188 Å². The van der Waals surface area contributed by atoms with Gasteiger partial charge in [-0.3, -0.25) is 0 Å². The number of hydrogen-bond acceptors (Lipinski definition) is 0. The van der Waals surface area contributed by atoms with Gasteiger partial charge in [0.25, 0.3) is 0 Å². The molecule has 0 saturated carbocycles. The summed E-state index contributed by atoms with van der Waals surface area (Å²) in [5.41, 5.74) is 0. The molecule has 0 heteroatoms. The fourth-order valence-electron chi connectivity index (χ4n) is 4.94. The van der Waals surface area contributed by atoms with Crippen molar-refractivity contribution >= 4 is 0 Å². The lowest BCUT2D eigenvalue weighted by molar-refractivity contribution is 0.444. The Labute approximate surface area is 205 Å². The summed E-state index contributed by atoms with van der Waals surface area (Å²) in [4.78, 5) is 0. The van der Waals surface area contributed by atoms with E-state index in [1.165, 1.54) is 167 Å². The van der Waals surface area contributed by atoms with Gasteiger partial charge in [-0.05, 0) is 25.2 Å². The molecule has 0 spiro atoms. The van der Waals surface area contributed by atoms with Crippen molar-refractivity contribution in [1.29, 1.82) is 0 Å². The summed E-state index contributed by atoms with van der Waals surface area (Å²) < 4.78 is 0. The van der Waals surface area contributed by atoms with Crippen molar-refractivity contribution in [2.45, 2.75) is 188 Å². The first-order valence-electron chi connectivity index (χ1n) is 15.5. The molecule has 0 aliphatic rings. The normalized spacial score (nSPS) is 12.7. The molecule has 1 unspecified atom stereocenters. The third-order valence-corrected chi connectivity index (χ3v) is 7.27. The van der Waals surface area contributed by atoms with E-state index in [1.54, 1.807) is 0 Å². The van der Waals surface area contributed by atoms with Gasteiger partial charge >= 0.3 is 0 Å². The molecule has 192 valence electrons. The third-order valence-electron chi connectivity index (χ3n) is 7.27. The van der Waals surface area contributed by atoms with Crippen LogP contribution in [-0.4, -0.2) is 0 Å². The second-order valence-electron chi connectivity index (χ2n) is 10.8. The van der Waals surface area contributed by atoms with E-state index in [0.29, 0.717) is 0 Å². The molecule has 0 aromatic heterocycles. The van der Waals surface area contributed by atoms with E-state index < -0.39 is 0 Å². The number of allylic oxidation sites excluding steroid dienone is 2. The Morgan fingerprint density at radius 3 is 1.12 bits per heavy atom. The molecule has 0 saturated heterocycles. The minimum absolute atomic E-state index is 0.936. The van der Waals surface area contributed by atoms with Crippen LogP contribution in [-0.2, 0) is 0 Å². The van der Waals surface area contributed by atoms with Crippen LogP contribution in [0.5, 0.6) is 0 Å². The molecular weight excluding hydrogens is 384 g/mol. The zero-order valence-electron chi connectivity index (χ0n) is 23.1. The smallest absolute Gasteiger partial charge is 0.0351 e. The highest BCUT2D eigenvalue weighted by Gasteiger charge is 2.01. The minimum atomic E-state index is 0.936. The predicted molar refractivity (Wildman–Crippen MR) is 150 cm³/mol. The van der Waals surface area contributed by atoms with Crippen molar-refractivity contribution in [2.24, 2.45) is 5.92 Å². The lowest BCUT2D eigenvalue weighted by Gasteiger charge is -2.10. The summed E-state index contributed by atoms with van der Waals surface area (Å²) >= 11 is 0. The molecule has 0 radical (unpaired) electrons. The van der Waals surface area contributed by atoms with Crippen LogP contribution in [0.3, 0.4) is 0 Å². The Bertz CT molecular complexity index is 342. The van der Waals surface area contributed by atoms with Gasteiger partial charge in [-0.25, -0.2) is 0 Å². The highest BCUT2D eigenvalue weighted by atomic mass is 14.1. The molecule has 0 aromatic carbocycles. The monoisotopic (exact) mass is 449 g/mol. The molecule has 1 atom stereocenters. The number of hydrogen-bond donors (Lipinski definition) is 0. The first-order valence-corrected chi connectivity index (χ1v) is 15.5. The van der Waals surface area contributed by atoms with E-state index in [2.05, 4.69) is 32.9 Å². The summed E-state index contributed by atoms with van der Waals surface area (Å²) in [6, 6.07) is 0. The predicted octanol–water partition coefficient (Wildman–Crippen LogP) is 12.4. The standard InChI is InChI=1S/C32H64/c1-4-6-8-10-11-12-13-14-15-16-17-18-19-20-21-22-23-24-25-27-29-31-32(3)30-28-26-9-7-5-2/h7,9,32H,4-6,8,10-31H2,1-3H3/b9-7+. The van der Waals surface area contributed by atoms with Gasteiger partial charge in [0.1, 0.15) is 0 Å². The maximum absolute atomic E-state index is 2.46. The Hall–Kier alpha value is -0.260. The van der Waals surface area contributed by atoms with Crippen LogP contribution in [0.4, 0.5) is 0 Å². The highest BCUT2D eigenvalue weighted by molar-refractivity contribution is 4.79. The first-order chi connectivity index (χ1) is 15.8. The fraction of sp³-hybridized carbons (Fsp3) is 0.938. The van der Waals surface area contributed by atoms with Crippen molar-refractivity contribution in [3.8, 4) is 0 Å². The second-order valence-corrected chi connectivity index (χ2v) is 10.8. The second kappa shape index (κ2) is 28.8. The van der Waals surface area contributed by atoms with E-state index in [0.717, 1.165) is 5.92 Å². The first kappa shape index (κ1) is 31.7. The van der Waals surface area contributed by atoms with Crippen molar-refractivity contribution < 1.29 is 0 Å². The molecule has 0 N–H and O–H groups in total. The minimum Gasteiger partial charge on any atom is -0.0888 e. The van der Waals surface area contributed by atoms with Gasteiger partial charge in [0.2, 0.25) is 0 Å². The Kier molecular flexibility index (Phi) is 28.5. The van der Waals surface area contributed by atoms with Crippen LogP contribution in [0.2, 0.25) is 0 Å². The third kappa shape index (κ3) is 27.8.